The minimum absolute atomic E-state index is 0.0560. The summed E-state index contributed by atoms with van der Waals surface area (Å²) < 4.78 is 23.5. The third kappa shape index (κ3) is 4.28. The normalized spacial score (nSPS) is 17.9. The van der Waals surface area contributed by atoms with Crippen molar-refractivity contribution in [3.8, 4) is 11.5 Å². The molecule has 2 fully saturated rings. The zero-order valence-electron chi connectivity index (χ0n) is 22.5. The first-order valence-electron chi connectivity index (χ1n) is 13.2. The van der Waals surface area contributed by atoms with Gasteiger partial charge >= 0.3 is 0 Å². The van der Waals surface area contributed by atoms with Crippen molar-refractivity contribution in [1.29, 1.82) is 0 Å². The number of anilines is 3. The Morgan fingerprint density at radius 2 is 2.00 bits per heavy atom. The molecule has 2 aliphatic rings. The van der Waals surface area contributed by atoms with Gasteiger partial charge in [-0.05, 0) is 43.7 Å². The highest BCUT2D eigenvalue weighted by molar-refractivity contribution is 5.89. The number of rotatable bonds is 6. The van der Waals surface area contributed by atoms with E-state index in [0.717, 1.165) is 17.5 Å². The summed E-state index contributed by atoms with van der Waals surface area (Å²) in [7, 11) is 1.92. The Morgan fingerprint density at radius 1 is 1.12 bits per heavy atom. The molecule has 0 radical (unpaired) electrons. The molecule has 3 aromatic heterocycles. The fourth-order valence-corrected chi connectivity index (χ4v) is 5.41. The van der Waals surface area contributed by atoms with Crippen LogP contribution in [-0.2, 0) is 11.8 Å². The van der Waals surface area contributed by atoms with E-state index < -0.39 is 5.82 Å². The van der Waals surface area contributed by atoms with Gasteiger partial charge in [-0.2, -0.15) is 0 Å². The molecule has 2 atom stereocenters. The molecule has 1 N–H and O–H groups in total. The van der Waals surface area contributed by atoms with Crippen LogP contribution >= 0.6 is 0 Å². The number of ether oxygens (including phenoxy) is 1. The molecule has 7 rings (SSSR count). The summed E-state index contributed by atoms with van der Waals surface area (Å²) in [6.45, 7) is 6.44. The van der Waals surface area contributed by atoms with Crippen LogP contribution in [-0.4, -0.2) is 65.5 Å². The van der Waals surface area contributed by atoms with Gasteiger partial charge in [-0.15, -0.1) is 0 Å². The summed E-state index contributed by atoms with van der Waals surface area (Å²) in [5.41, 5.74) is 3.35. The molecule has 12 heteroatoms. The number of hydrogen-bond donors (Lipinski definition) is 1. The number of nitrogens with one attached hydrogen (secondary N) is 1. The Labute approximate surface area is 234 Å². The average Bonchev–Trinajstić information content (AvgIpc) is 3.72. The van der Waals surface area contributed by atoms with Crippen LogP contribution < -0.4 is 15.0 Å². The standard InChI is InChI=1S/C29H26FN9O2/c1-4-25(40)38-9-10-39(23-12-22(23)38)29-31-13-20-27(36-29)28(33-14-32-20)35-18-6-8-24(16(2)26(18)30)41-17-5-7-21-19(11-17)34-15-37(21)3/h4-8,11,13-15,22-23H,1,9-10,12H2,2-3H3,(H,32,33,35). The molecule has 11 nitrogen and oxygen atoms in total. The molecule has 2 aromatic carbocycles. The van der Waals surface area contributed by atoms with E-state index >= 15 is 4.39 Å². The van der Waals surface area contributed by atoms with E-state index in [4.69, 9.17) is 9.72 Å². The molecule has 1 aliphatic heterocycles. The zero-order chi connectivity index (χ0) is 28.2. The van der Waals surface area contributed by atoms with Crippen molar-refractivity contribution in [2.24, 2.45) is 7.05 Å². The summed E-state index contributed by atoms with van der Waals surface area (Å²) in [6.07, 6.45) is 6.97. The number of aromatic nitrogens is 6. The third-order valence-electron chi connectivity index (χ3n) is 7.70. The summed E-state index contributed by atoms with van der Waals surface area (Å²) >= 11 is 0. The number of fused-ring (bicyclic) bond motifs is 3. The quantitative estimate of drug-likeness (QED) is 0.309. The van der Waals surface area contributed by atoms with Crippen molar-refractivity contribution in [2.75, 3.05) is 23.3 Å². The van der Waals surface area contributed by atoms with E-state index in [1.165, 1.54) is 12.4 Å². The van der Waals surface area contributed by atoms with Crippen molar-refractivity contribution >= 4 is 45.4 Å². The highest BCUT2D eigenvalue weighted by Crippen LogP contribution is 2.39. The highest BCUT2D eigenvalue weighted by Gasteiger charge is 2.51. The van der Waals surface area contributed by atoms with E-state index in [1.807, 2.05) is 34.7 Å². The van der Waals surface area contributed by atoms with Crippen molar-refractivity contribution in [1.82, 2.24) is 34.4 Å². The van der Waals surface area contributed by atoms with Gasteiger partial charge in [-0.3, -0.25) is 4.79 Å². The van der Waals surface area contributed by atoms with E-state index in [9.17, 15) is 4.79 Å². The Hall–Kier alpha value is -5.13. The van der Waals surface area contributed by atoms with Gasteiger partial charge in [-0.25, -0.2) is 29.3 Å². The minimum Gasteiger partial charge on any atom is -0.457 e. The van der Waals surface area contributed by atoms with E-state index in [2.05, 4.69) is 36.7 Å². The van der Waals surface area contributed by atoms with Gasteiger partial charge in [0.05, 0.1) is 41.3 Å². The number of hydrogen-bond acceptors (Lipinski definition) is 9. The number of imidazole rings is 1. The molecular weight excluding hydrogens is 525 g/mol. The second-order valence-corrected chi connectivity index (χ2v) is 10.2. The molecule has 1 aliphatic carbocycles. The van der Waals surface area contributed by atoms with Gasteiger partial charge in [0.2, 0.25) is 11.9 Å². The number of carbonyl (C=O) groups excluding carboxylic acids is 1. The van der Waals surface area contributed by atoms with Crippen LogP contribution in [0.1, 0.15) is 12.0 Å². The van der Waals surface area contributed by atoms with Crippen molar-refractivity contribution in [2.45, 2.75) is 25.4 Å². The molecule has 206 valence electrons. The van der Waals surface area contributed by atoms with Crippen molar-refractivity contribution in [3.63, 3.8) is 0 Å². The maximum absolute atomic E-state index is 15.6. The van der Waals surface area contributed by atoms with Gasteiger partial charge in [0.15, 0.2) is 11.6 Å². The molecule has 41 heavy (non-hydrogen) atoms. The minimum atomic E-state index is -0.466. The third-order valence-corrected chi connectivity index (χ3v) is 7.70. The summed E-state index contributed by atoms with van der Waals surface area (Å²) in [4.78, 5) is 38.4. The van der Waals surface area contributed by atoms with Crippen LogP contribution in [0.15, 0.2) is 61.8 Å². The second-order valence-electron chi connectivity index (χ2n) is 10.2. The Morgan fingerprint density at radius 3 is 2.85 bits per heavy atom. The SMILES string of the molecule is C=CC(=O)N1CCN(c2ncc3ncnc(Nc4ccc(Oc5ccc6c(c5)ncn6C)c(C)c4F)c3n2)C2CC21. The maximum Gasteiger partial charge on any atom is 0.246 e. The van der Waals surface area contributed by atoms with Gasteiger partial charge in [-0.1, -0.05) is 6.58 Å². The number of piperazine rings is 1. The van der Waals surface area contributed by atoms with Gasteiger partial charge in [0.25, 0.3) is 0 Å². The first-order valence-corrected chi connectivity index (χ1v) is 13.2. The van der Waals surface area contributed by atoms with E-state index in [-0.39, 0.29) is 23.7 Å². The van der Waals surface area contributed by atoms with Crippen LogP contribution in [0.4, 0.5) is 21.8 Å². The topological polar surface area (TPSA) is 114 Å². The van der Waals surface area contributed by atoms with Gasteiger partial charge in [0, 0.05) is 31.8 Å². The number of amides is 1. The van der Waals surface area contributed by atoms with E-state index in [0.29, 0.717) is 53.0 Å². The lowest BCUT2D eigenvalue weighted by molar-refractivity contribution is -0.126. The molecule has 1 amide bonds. The molecule has 0 spiro atoms. The van der Waals surface area contributed by atoms with Gasteiger partial charge < -0.3 is 24.4 Å². The monoisotopic (exact) mass is 551 g/mol. The summed E-state index contributed by atoms with van der Waals surface area (Å²) in [6, 6.07) is 9.17. The predicted octanol–water partition coefficient (Wildman–Crippen LogP) is 4.27. The number of nitrogens with zero attached hydrogens (tertiary/aromatic N) is 8. The second kappa shape index (κ2) is 9.51. The van der Waals surface area contributed by atoms with E-state index in [1.54, 1.807) is 31.6 Å². The van der Waals surface area contributed by atoms with Crippen LogP contribution in [0.3, 0.4) is 0 Å². The first-order chi connectivity index (χ1) is 19.9. The lowest BCUT2D eigenvalue weighted by Gasteiger charge is -2.33. The molecule has 4 heterocycles. The van der Waals surface area contributed by atoms with Crippen molar-refractivity contribution < 1.29 is 13.9 Å². The predicted molar refractivity (Wildman–Crippen MR) is 152 cm³/mol. The lowest BCUT2D eigenvalue weighted by atomic mass is 10.1. The fourth-order valence-electron chi connectivity index (χ4n) is 5.41. The molecule has 5 aromatic rings. The van der Waals surface area contributed by atoms with Crippen LogP contribution in [0.2, 0.25) is 0 Å². The fraction of sp³-hybridized carbons (Fsp3) is 0.241. The van der Waals surface area contributed by atoms with Gasteiger partial charge in [0.1, 0.15) is 28.9 Å². The zero-order valence-corrected chi connectivity index (χ0v) is 22.5. The molecule has 0 bridgehead atoms. The molecule has 2 unspecified atom stereocenters. The Balaban J connectivity index is 1.14. The first kappa shape index (κ1) is 24.9. The van der Waals surface area contributed by atoms with Crippen LogP contribution in [0, 0.1) is 12.7 Å². The van der Waals surface area contributed by atoms with Crippen LogP contribution in [0.5, 0.6) is 11.5 Å². The Kier molecular flexibility index (Phi) is 5.77. The highest BCUT2D eigenvalue weighted by atomic mass is 19.1. The maximum atomic E-state index is 15.6. The summed E-state index contributed by atoms with van der Waals surface area (Å²) in [5, 5.41) is 3.09. The van der Waals surface area contributed by atoms with Crippen LogP contribution in [0.25, 0.3) is 22.1 Å². The summed E-state index contributed by atoms with van der Waals surface area (Å²) in [5.74, 6) is 1.33. The Bertz CT molecular complexity index is 1860. The van der Waals surface area contributed by atoms with Crippen molar-refractivity contribution in [3.05, 3.63) is 73.2 Å². The molecule has 1 saturated heterocycles. The average molecular weight is 552 g/mol. The number of benzene rings is 2. The molecular formula is C29H26FN9O2. The molecule has 1 saturated carbocycles. The smallest absolute Gasteiger partial charge is 0.246 e. The number of aryl methyl sites for hydroxylation is 1. The lowest BCUT2D eigenvalue weighted by Crippen LogP contribution is -2.48. The largest absolute Gasteiger partial charge is 0.457 e. The number of halogens is 1. The number of carbonyl (C=O) groups is 1.